The van der Waals surface area contributed by atoms with Crippen LogP contribution in [-0.2, 0) is 0 Å². The predicted octanol–water partition coefficient (Wildman–Crippen LogP) is 3.32. The second-order valence-electron chi connectivity index (χ2n) is 6.68. The zero-order chi connectivity index (χ0) is 17.2. The van der Waals surface area contributed by atoms with Crippen molar-refractivity contribution in [2.75, 3.05) is 20.1 Å². The van der Waals surface area contributed by atoms with E-state index in [0.29, 0.717) is 11.3 Å². The SMILES string of the molecule is CN1CCCC(NC(=O)c2ccc3noc(-c4ccccc4)c3c2)C1. The zero-order valence-corrected chi connectivity index (χ0v) is 14.2. The predicted molar refractivity (Wildman–Crippen MR) is 97.4 cm³/mol. The maximum Gasteiger partial charge on any atom is 0.251 e. The minimum Gasteiger partial charge on any atom is -0.355 e. The van der Waals surface area contributed by atoms with Crippen LogP contribution in [0.25, 0.3) is 22.2 Å². The van der Waals surface area contributed by atoms with Gasteiger partial charge in [0.15, 0.2) is 5.76 Å². The van der Waals surface area contributed by atoms with Crippen LogP contribution in [0, 0.1) is 0 Å². The molecule has 1 fully saturated rings. The molecule has 1 amide bonds. The molecule has 1 unspecified atom stereocenters. The summed E-state index contributed by atoms with van der Waals surface area (Å²) in [5.41, 5.74) is 2.35. The highest BCUT2D eigenvalue weighted by Gasteiger charge is 2.20. The van der Waals surface area contributed by atoms with Crippen molar-refractivity contribution in [2.24, 2.45) is 0 Å². The lowest BCUT2D eigenvalue weighted by Crippen LogP contribution is -2.46. The molecule has 1 N–H and O–H groups in total. The second kappa shape index (κ2) is 6.69. The Morgan fingerprint density at radius 2 is 2.08 bits per heavy atom. The molecule has 1 aromatic heterocycles. The average Bonchev–Trinajstić information content (AvgIpc) is 3.05. The Labute approximate surface area is 146 Å². The topological polar surface area (TPSA) is 58.4 Å². The van der Waals surface area contributed by atoms with E-state index in [0.717, 1.165) is 42.4 Å². The van der Waals surface area contributed by atoms with E-state index in [2.05, 4.69) is 22.4 Å². The first-order valence-electron chi connectivity index (χ1n) is 8.65. The van der Waals surface area contributed by atoms with Gasteiger partial charge in [0.25, 0.3) is 5.91 Å². The van der Waals surface area contributed by atoms with Crippen LogP contribution in [0.3, 0.4) is 0 Å². The van der Waals surface area contributed by atoms with Crippen molar-refractivity contribution in [3.63, 3.8) is 0 Å². The van der Waals surface area contributed by atoms with Crippen molar-refractivity contribution in [3.8, 4) is 11.3 Å². The van der Waals surface area contributed by atoms with Crippen molar-refractivity contribution in [1.29, 1.82) is 0 Å². The van der Waals surface area contributed by atoms with Gasteiger partial charge in [0.2, 0.25) is 0 Å². The summed E-state index contributed by atoms with van der Waals surface area (Å²) < 4.78 is 5.51. The molecular weight excluding hydrogens is 314 g/mol. The lowest BCUT2D eigenvalue weighted by atomic mass is 10.0. The molecule has 1 aliphatic heterocycles. The maximum atomic E-state index is 12.7. The number of rotatable bonds is 3. The van der Waals surface area contributed by atoms with Gasteiger partial charge in [-0.25, -0.2) is 0 Å². The molecule has 0 spiro atoms. The number of hydrogen-bond acceptors (Lipinski definition) is 4. The highest BCUT2D eigenvalue weighted by molar-refractivity contribution is 6.01. The van der Waals surface area contributed by atoms with Crippen LogP contribution in [0.2, 0.25) is 0 Å². The number of benzene rings is 2. The van der Waals surface area contributed by atoms with Crippen LogP contribution >= 0.6 is 0 Å². The van der Waals surface area contributed by atoms with Gasteiger partial charge in [-0.15, -0.1) is 0 Å². The van der Waals surface area contributed by atoms with Crippen LogP contribution in [0.4, 0.5) is 0 Å². The lowest BCUT2D eigenvalue weighted by Gasteiger charge is -2.30. The molecule has 0 aliphatic carbocycles. The standard InChI is InChI=1S/C20H21N3O2/c1-23-11-5-8-16(13-23)21-20(24)15-9-10-18-17(12-15)19(25-22-18)14-6-3-2-4-7-14/h2-4,6-7,9-10,12,16H,5,8,11,13H2,1H3,(H,21,24). The van der Waals surface area contributed by atoms with Crippen molar-refractivity contribution >= 4 is 16.8 Å². The van der Waals surface area contributed by atoms with E-state index in [1.165, 1.54) is 0 Å². The Bertz CT molecular complexity index is 888. The molecule has 128 valence electrons. The number of carbonyl (C=O) groups is 1. The van der Waals surface area contributed by atoms with Gasteiger partial charge in [-0.2, -0.15) is 0 Å². The van der Waals surface area contributed by atoms with E-state index >= 15 is 0 Å². The molecule has 5 heteroatoms. The van der Waals surface area contributed by atoms with Crippen molar-refractivity contribution < 1.29 is 9.32 Å². The first-order chi connectivity index (χ1) is 12.2. The van der Waals surface area contributed by atoms with E-state index in [-0.39, 0.29) is 11.9 Å². The van der Waals surface area contributed by atoms with Crippen LogP contribution < -0.4 is 5.32 Å². The number of piperidine rings is 1. The third-order valence-electron chi connectivity index (χ3n) is 4.73. The highest BCUT2D eigenvalue weighted by atomic mass is 16.5. The molecule has 4 rings (SSSR count). The van der Waals surface area contributed by atoms with E-state index in [1.54, 1.807) is 0 Å². The summed E-state index contributed by atoms with van der Waals surface area (Å²) in [4.78, 5) is 14.9. The summed E-state index contributed by atoms with van der Waals surface area (Å²) in [6.45, 7) is 2.00. The van der Waals surface area contributed by atoms with Gasteiger partial charge in [0, 0.05) is 23.7 Å². The van der Waals surface area contributed by atoms with Gasteiger partial charge < -0.3 is 14.7 Å². The molecule has 1 saturated heterocycles. The Morgan fingerprint density at radius 1 is 1.24 bits per heavy atom. The molecule has 3 aromatic rings. The summed E-state index contributed by atoms with van der Waals surface area (Å²) in [6.07, 6.45) is 2.14. The van der Waals surface area contributed by atoms with Crippen LogP contribution in [0.1, 0.15) is 23.2 Å². The summed E-state index contributed by atoms with van der Waals surface area (Å²) in [5, 5.41) is 8.12. The molecule has 2 aromatic carbocycles. The highest BCUT2D eigenvalue weighted by Crippen LogP contribution is 2.29. The molecular formula is C20H21N3O2. The summed E-state index contributed by atoms with van der Waals surface area (Å²) in [5.74, 6) is 0.657. The normalized spacial score (nSPS) is 18.4. The first-order valence-corrected chi connectivity index (χ1v) is 8.65. The van der Waals surface area contributed by atoms with Gasteiger partial charge >= 0.3 is 0 Å². The maximum absolute atomic E-state index is 12.7. The third kappa shape index (κ3) is 3.28. The Balaban J connectivity index is 1.61. The Kier molecular flexibility index (Phi) is 4.24. The molecule has 0 saturated carbocycles. The molecule has 0 radical (unpaired) electrons. The number of likely N-dealkylation sites (N-methyl/N-ethyl adjacent to an activating group) is 1. The fraction of sp³-hybridized carbons (Fsp3) is 0.300. The number of carbonyl (C=O) groups excluding carboxylic acids is 1. The molecule has 5 nitrogen and oxygen atoms in total. The minimum absolute atomic E-state index is 0.0394. The number of hydrogen-bond donors (Lipinski definition) is 1. The molecule has 0 bridgehead atoms. The summed E-state index contributed by atoms with van der Waals surface area (Å²) in [7, 11) is 2.09. The van der Waals surface area contributed by atoms with Crippen LogP contribution in [0.5, 0.6) is 0 Å². The number of nitrogens with one attached hydrogen (secondary N) is 1. The van der Waals surface area contributed by atoms with E-state index < -0.39 is 0 Å². The Hall–Kier alpha value is -2.66. The van der Waals surface area contributed by atoms with Crippen LogP contribution in [0.15, 0.2) is 53.1 Å². The van der Waals surface area contributed by atoms with Crippen molar-refractivity contribution in [2.45, 2.75) is 18.9 Å². The minimum atomic E-state index is -0.0394. The monoisotopic (exact) mass is 335 g/mol. The van der Waals surface area contributed by atoms with Crippen molar-refractivity contribution in [1.82, 2.24) is 15.4 Å². The number of amides is 1. The number of fused-ring (bicyclic) bond motifs is 1. The Morgan fingerprint density at radius 3 is 2.88 bits per heavy atom. The van der Waals surface area contributed by atoms with Gasteiger partial charge in [0.05, 0.1) is 5.39 Å². The smallest absolute Gasteiger partial charge is 0.251 e. The first kappa shape index (κ1) is 15.8. The summed E-state index contributed by atoms with van der Waals surface area (Å²) in [6, 6.07) is 15.6. The quantitative estimate of drug-likeness (QED) is 0.798. The van der Waals surface area contributed by atoms with Crippen molar-refractivity contribution in [3.05, 3.63) is 54.1 Å². The van der Waals surface area contributed by atoms with Gasteiger partial charge in [-0.05, 0) is 44.6 Å². The lowest BCUT2D eigenvalue weighted by molar-refractivity contribution is 0.0912. The third-order valence-corrected chi connectivity index (χ3v) is 4.73. The van der Waals surface area contributed by atoms with Gasteiger partial charge in [-0.3, -0.25) is 4.79 Å². The molecule has 2 heterocycles. The fourth-order valence-corrected chi connectivity index (χ4v) is 3.43. The zero-order valence-electron chi connectivity index (χ0n) is 14.2. The largest absolute Gasteiger partial charge is 0.355 e. The van der Waals surface area contributed by atoms with E-state index in [9.17, 15) is 4.79 Å². The van der Waals surface area contributed by atoms with Gasteiger partial charge in [0.1, 0.15) is 5.52 Å². The summed E-state index contributed by atoms with van der Waals surface area (Å²) >= 11 is 0. The fourth-order valence-electron chi connectivity index (χ4n) is 3.43. The van der Waals surface area contributed by atoms with Gasteiger partial charge in [-0.1, -0.05) is 35.5 Å². The van der Waals surface area contributed by atoms with Crippen LogP contribution in [-0.4, -0.2) is 42.1 Å². The number of aromatic nitrogens is 1. The van der Waals surface area contributed by atoms with E-state index in [4.69, 9.17) is 4.52 Å². The van der Waals surface area contributed by atoms with E-state index in [1.807, 2.05) is 48.5 Å². The average molecular weight is 335 g/mol. The molecule has 25 heavy (non-hydrogen) atoms. The number of likely N-dealkylation sites (tertiary alicyclic amines) is 1. The molecule has 1 atom stereocenters. The second-order valence-corrected chi connectivity index (χ2v) is 6.68. The molecule has 1 aliphatic rings. The number of nitrogens with zero attached hydrogens (tertiary/aromatic N) is 2.